The van der Waals surface area contributed by atoms with E-state index in [1.807, 2.05) is 36.4 Å². The number of benzene rings is 3. The summed E-state index contributed by atoms with van der Waals surface area (Å²) in [7, 11) is 0. The van der Waals surface area contributed by atoms with Crippen molar-refractivity contribution >= 4 is 46.3 Å². The van der Waals surface area contributed by atoms with Crippen LogP contribution in [0.4, 0.5) is 16.2 Å². The van der Waals surface area contributed by atoms with Crippen molar-refractivity contribution in [2.24, 2.45) is 5.10 Å². The number of amides is 2. The van der Waals surface area contributed by atoms with Gasteiger partial charge in [0.15, 0.2) is 0 Å². The van der Waals surface area contributed by atoms with Gasteiger partial charge < -0.3 is 10.6 Å². The van der Waals surface area contributed by atoms with Gasteiger partial charge in [0, 0.05) is 33.4 Å². The molecule has 1 aliphatic rings. The second kappa shape index (κ2) is 8.55. The molecule has 1 aliphatic heterocycles. The van der Waals surface area contributed by atoms with E-state index < -0.39 is 6.03 Å². The zero-order valence-electron chi connectivity index (χ0n) is 15.3. The van der Waals surface area contributed by atoms with Crippen LogP contribution in [0.25, 0.3) is 0 Å². The molecule has 3 aromatic rings. The van der Waals surface area contributed by atoms with E-state index in [1.54, 1.807) is 24.3 Å². The van der Waals surface area contributed by atoms with Gasteiger partial charge in [-0.25, -0.2) is 10.2 Å². The number of anilines is 2. The van der Waals surface area contributed by atoms with Crippen LogP contribution < -0.4 is 16.1 Å². The van der Waals surface area contributed by atoms with Gasteiger partial charge in [-0.3, -0.25) is 0 Å². The predicted molar refractivity (Wildman–Crippen MR) is 119 cm³/mol. The topological polar surface area (TPSA) is 65.5 Å². The molecule has 0 fully saturated rings. The summed E-state index contributed by atoms with van der Waals surface area (Å²) in [6.07, 6.45) is 0.610. The number of nitrogens with one attached hydrogen (secondary N) is 3. The van der Waals surface area contributed by atoms with Crippen LogP contribution in [-0.4, -0.2) is 11.7 Å². The second-order valence-electron chi connectivity index (χ2n) is 6.63. The van der Waals surface area contributed by atoms with Crippen molar-refractivity contribution in [2.75, 3.05) is 10.6 Å². The Labute approximate surface area is 178 Å². The van der Waals surface area contributed by atoms with Crippen LogP contribution in [0.5, 0.6) is 0 Å². The molecular weight excluding hydrogens is 407 g/mol. The Hall–Kier alpha value is -3.02. The lowest BCUT2D eigenvalue weighted by Gasteiger charge is -2.28. The third-order valence-corrected chi connectivity index (χ3v) is 5.10. The lowest BCUT2D eigenvalue weighted by Crippen LogP contribution is -2.29. The maximum Gasteiger partial charge on any atom is 0.339 e. The minimum Gasteiger partial charge on any atom is -0.377 e. The first-order chi connectivity index (χ1) is 14.1. The van der Waals surface area contributed by atoms with Gasteiger partial charge in [0.25, 0.3) is 0 Å². The van der Waals surface area contributed by atoms with Crippen molar-refractivity contribution in [3.05, 3.63) is 94.0 Å². The van der Waals surface area contributed by atoms with Gasteiger partial charge in [0.2, 0.25) is 0 Å². The highest BCUT2D eigenvalue weighted by Gasteiger charge is 2.24. The van der Waals surface area contributed by atoms with Gasteiger partial charge in [-0.2, -0.15) is 5.10 Å². The van der Waals surface area contributed by atoms with Crippen LogP contribution in [0, 0.1) is 0 Å². The predicted octanol–water partition coefficient (Wildman–Crippen LogP) is 6.08. The summed E-state index contributed by atoms with van der Waals surface area (Å²) in [6, 6.07) is 22.2. The van der Waals surface area contributed by atoms with E-state index in [9.17, 15) is 4.79 Å². The van der Waals surface area contributed by atoms with Crippen LogP contribution in [0.1, 0.15) is 23.6 Å². The standard InChI is InChI=1S/C22H18Cl2N4O/c23-15-6-9-17(10-7-15)25-22(29)28-27-21-13-20(14-4-2-1-3-5-14)26-19-11-8-16(24)12-18(19)21/h1-12,20,26H,13H2,(H2,25,28,29). The minimum atomic E-state index is -0.432. The number of hydrazone groups is 1. The normalized spacial score (nSPS) is 16.6. The van der Waals surface area contributed by atoms with Crippen molar-refractivity contribution in [1.82, 2.24) is 5.43 Å². The lowest BCUT2D eigenvalue weighted by molar-refractivity contribution is 0.252. The molecular formula is C22H18Cl2N4O. The fourth-order valence-electron chi connectivity index (χ4n) is 3.23. The summed E-state index contributed by atoms with van der Waals surface area (Å²) in [5.41, 5.74) is 6.90. The summed E-state index contributed by atoms with van der Waals surface area (Å²) in [5, 5.41) is 11.9. The highest BCUT2D eigenvalue weighted by molar-refractivity contribution is 6.31. The largest absolute Gasteiger partial charge is 0.377 e. The van der Waals surface area contributed by atoms with E-state index in [-0.39, 0.29) is 6.04 Å². The van der Waals surface area contributed by atoms with E-state index in [4.69, 9.17) is 23.2 Å². The molecule has 0 saturated carbocycles. The Morgan fingerprint density at radius 2 is 1.69 bits per heavy atom. The average molecular weight is 425 g/mol. The molecule has 0 aliphatic carbocycles. The van der Waals surface area contributed by atoms with Crippen molar-refractivity contribution in [3.63, 3.8) is 0 Å². The first kappa shape index (κ1) is 19.3. The van der Waals surface area contributed by atoms with Gasteiger partial charge in [-0.1, -0.05) is 53.5 Å². The van der Waals surface area contributed by atoms with Crippen molar-refractivity contribution < 1.29 is 4.79 Å². The summed E-state index contributed by atoms with van der Waals surface area (Å²) in [4.78, 5) is 12.3. The number of carbonyl (C=O) groups is 1. The molecule has 5 nitrogen and oxygen atoms in total. The minimum absolute atomic E-state index is 0.0461. The van der Waals surface area contributed by atoms with E-state index in [0.29, 0.717) is 22.2 Å². The Kier molecular flexibility index (Phi) is 5.69. The molecule has 2 amide bonds. The van der Waals surface area contributed by atoms with E-state index in [2.05, 4.69) is 33.3 Å². The number of carbonyl (C=O) groups excluding carboxylic acids is 1. The van der Waals surface area contributed by atoms with Crippen LogP contribution in [0.2, 0.25) is 10.0 Å². The Bertz CT molecular complexity index is 1050. The monoisotopic (exact) mass is 424 g/mol. The molecule has 0 bridgehead atoms. The molecule has 7 heteroatoms. The van der Waals surface area contributed by atoms with Gasteiger partial charge in [0.1, 0.15) is 0 Å². The second-order valence-corrected chi connectivity index (χ2v) is 7.51. The molecule has 0 radical (unpaired) electrons. The number of urea groups is 1. The highest BCUT2D eigenvalue weighted by Crippen LogP contribution is 2.34. The van der Waals surface area contributed by atoms with Crippen molar-refractivity contribution in [1.29, 1.82) is 0 Å². The van der Waals surface area contributed by atoms with Gasteiger partial charge in [0.05, 0.1) is 11.8 Å². The van der Waals surface area contributed by atoms with Gasteiger partial charge in [-0.15, -0.1) is 0 Å². The maximum absolute atomic E-state index is 12.3. The molecule has 0 aromatic heterocycles. The molecule has 1 unspecified atom stereocenters. The van der Waals surface area contributed by atoms with Crippen molar-refractivity contribution in [2.45, 2.75) is 12.5 Å². The zero-order chi connectivity index (χ0) is 20.2. The Balaban J connectivity index is 1.56. The van der Waals surface area contributed by atoms with Gasteiger partial charge in [-0.05, 0) is 48.0 Å². The number of nitrogens with zero attached hydrogens (tertiary/aromatic N) is 1. The molecule has 0 saturated heterocycles. The summed E-state index contributed by atoms with van der Waals surface area (Å²) < 4.78 is 0. The SMILES string of the molecule is O=C(NN=C1CC(c2ccccc2)Nc2ccc(Cl)cc21)Nc1ccc(Cl)cc1. The number of halogens is 2. The number of hydrogen-bond acceptors (Lipinski definition) is 3. The van der Waals surface area contributed by atoms with Crippen LogP contribution in [-0.2, 0) is 0 Å². The molecule has 146 valence electrons. The summed E-state index contributed by atoms with van der Waals surface area (Å²) in [5.74, 6) is 0. The molecule has 4 rings (SSSR count). The fourth-order valence-corrected chi connectivity index (χ4v) is 3.52. The van der Waals surface area contributed by atoms with Gasteiger partial charge >= 0.3 is 6.03 Å². The first-order valence-corrected chi connectivity index (χ1v) is 9.84. The van der Waals surface area contributed by atoms with Crippen LogP contribution in [0.15, 0.2) is 77.9 Å². The summed E-state index contributed by atoms with van der Waals surface area (Å²) >= 11 is 12.1. The summed E-state index contributed by atoms with van der Waals surface area (Å²) in [6.45, 7) is 0. The highest BCUT2D eigenvalue weighted by atomic mass is 35.5. The molecule has 29 heavy (non-hydrogen) atoms. The molecule has 1 heterocycles. The van der Waals surface area contributed by atoms with Crippen LogP contribution in [0.3, 0.4) is 0 Å². The first-order valence-electron chi connectivity index (χ1n) is 9.09. The number of hydrogen-bond donors (Lipinski definition) is 3. The molecule has 3 N–H and O–H groups in total. The zero-order valence-corrected chi connectivity index (χ0v) is 16.8. The molecule has 3 aromatic carbocycles. The Morgan fingerprint density at radius 3 is 2.45 bits per heavy atom. The smallest absolute Gasteiger partial charge is 0.339 e. The van der Waals surface area contributed by atoms with Crippen molar-refractivity contribution in [3.8, 4) is 0 Å². The quantitative estimate of drug-likeness (QED) is 0.446. The molecule has 1 atom stereocenters. The van der Waals surface area contributed by atoms with E-state index >= 15 is 0 Å². The third-order valence-electron chi connectivity index (χ3n) is 4.62. The third kappa shape index (κ3) is 4.70. The average Bonchev–Trinajstić information content (AvgIpc) is 2.74. The van der Waals surface area contributed by atoms with Crippen LogP contribution >= 0.6 is 23.2 Å². The van der Waals surface area contributed by atoms with E-state index in [1.165, 1.54) is 0 Å². The van der Waals surface area contributed by atoms with E-state index in [0.717, 1.165) is 22.5 Å². The lowest BCUT2D eigenvalue weighted by atomic mass is 9.92. The molecule has 0 spiro atoms. The Morgan fingerprint density at radius 1 is 0.966 bits per heavy atom. The number of fused-ring (bicyclic) bond motifs is 1. The fraction of sp³-hybridized carbons (Fsp3) is 0.0909. The maximum atomic E-state index is 12.3. The number of rotatable bonds is 3.